The maximum absolute atomic E-state index is 12.0. The second-order valence-electron chi connectivity index (χ2n) is 5.98. The molecule has 1 fully saturated rings. The van der Waals surface area contributed by atoms with Gasteiger partial charge in [0.2, 0.25) is 0 Å². The van der Waals surface area contributed by atoms with Gasteiger partial charge in [0.1, 0.15) is 5.60 Å². The average molecular weight is 348 g/mol. The Kier molecular flexibility index (Phi) is 7.21. The summed E-state index contributed by atoms with van der Waals surface area (Å²) in [6.07, 6.45) is 3.19. The summed E-state index contributed by atoms with van der Waals surface area (Å²) in [5.74, 6) is 0. The highest BCUT2D eigenvalue weighted by Crippen LogP contribution is 2.15. The SMILES string of the molecule is CSC(N)=NNC(=S)NC1CCN(C(=O)OC(C)(C)C)CC1. The fourth-order valence-corrected chi connectivity index (χ4v) is 2.25. The molecule has 1 saturated heterocycles. The summed E-state index contributed by atoms with van der Waals surface area (Å²) < 4.78 is 5.37. The second kappa shape index (κ2) is 8.42. The van der Waals surface area contributed by atoms with Crippen molar-refractivity contribution in [3.63, 3.8) is 0 Å². The summed E-state index contributed by atoms with van der Waals surface area (Å²) in [7, 11) is 0. The van der Waals surface area contributed by atoms with Gasteiger partial charge in [-0.25, -0.2) is 4.79 Å². The number of nitrogens with one attached hydrogen (secondary N) is 2. The van der Waals surface area contributed by atoms with E-state index >= 15 is 0 Å². The van der Waals surface area contributed by atoms with E-state index in [0.29, 0.717) is 23.4 Å². The molecule has 1 rings (SSSR count). The van der Waals surface area contributed by atoms with Crippen LogP contribution < -0.4 is 16.5 Å². The number of likely N-dealkylation sites (tertiary alicyclic amines) is 1. The third kappa shape index (κ3) is 7.17. The first-order chi connectivity index (χ1) is 10.2. The van der Waals surface area contributed by atoms with Crippen molar-refractivity contribution in [2.45, 2.75) is 45.3 Å². The van der Waals surface area contributed by atoms with E-state index in [9.17, 15) is 4.79 Å². The number of piperidine rings is 1. The molecule has 0 spiro atoms. The zero-order valence-corrected chi connectivity index (χ0v) is 15.1. The summed E-state index contributed by atoms with van der Waals surface area (Å²) in [6, 6.07) is 0.212. The van der Waals surface area contributed by atoms with Crippen LogP contribution >= 0.6 is 24.0 Å². The molecular weight excluding hydrogens is 322 g/mol. The van der Waals surface area contributed by atoms with Crippen molar-refractivity contribution in [1.82, 2.24) is 15.6 Å². The lowest BCUT2D eigenvalue weighted by Gasteiger charge is -2.34. The van der Waals surface area contributed by atoms with Crippen molar-refractivity contribution in [2.75, 3.05) is 19.3 Å². The van der Waals surface area contributed by atoms with Crippen LogP contribution in [0, 0.1) is 0 Å². The van der Waals surface area contributed by atoms with E-state index in [1.54, 1.807) is 4.90 Å². The molecule has 22 heavy (non-hydrogen) atoms. The largest absolute Gasteiger partial charge is 0.444 e. The van der Waals surface area contributed by atoms with Gasteiger partial charge < -0.3 is 20.7 Å². The number of amides is 1. The number of hydrazone groups is 1. The molecule has 0 atom stereocenters. The van der Waals surface area contributed by atoms with E-state index in [1.807, 2.05) is 27.0 Å². The molecular formula is C13H25N5O2S2. The summed E-state index contributed by atoms with van der Waals surface area (Å²) in [5.41, 5.74) is 7.80. The van der Waals surface area contributed by atoms with Crippen LogP contribution in [0.25, 0.3) is 0 Å². The van der Waals surface area contributed by atoms with E-state index in [1.165, 1.54) is 11.8 Å². The molecule has 0 radical (unpaired) electrons. The Balaban J connectivity index is 2.33. The molecule has 0 unspecified atom stereocenters. The molecule has 9 heteroatoms. The highest BCUT2D eigenvalue weighted by molar-refractivity contribution is 8.13. The summed E-state index contributed by atoms with van der Waals surface area (Å²) in [5, 5.41) is 7.94. The van der Waals surface area contributed by atoms with Gasteiger partial charge in [0.05, 0.1) is 0 Å². The van der Waals surface area contributed by atoms with Crippen LogP contribution in [-0.4, -0.2) is 52.3 Å². The fraction of sp³-hybridized carbons (Fsp3) is 0.769. The average Bonchev–Trinajstić information content (AvgIpc) is 2.43. The molecule has 4 N–H and O–H groups in total. The smallest absolute Gasteiger partial charge is 0.410 e. The van der Waals surface area contributed by atoms with Crippen molar-refractivity contribution in [1.29, 1.82) is 0 Å². The molecule has 1 aliphatic rings. The number of hydrogen-bond donors (Lipinski definition) is 3. The highest BCUT2D eigenvalue weighted by Gasteiger charge is 2.26. The second-order valence-corrected chi connectivity index (χ2v) is 7.22. The Morgan fingerprint density at radius 2 is 2.00 bits per heavy atom. The standard InChI is InChI=1S/C13H25N5O2S2/c1-13(2,3)20-12(19)18-7-5-9(6-8-18)15-11(21)17-16-10(14)22-4/h9H,5-8H2,1-4H3,(H2,14,16)(H2,15,17,21). The number of carbonyl (C=O) groups excluding carboxylic acids is 1. The van der Waals surface area contributed by atoms with Gasteiger partial charge in [0.25, 0.3) is 0 Å². The first-order valence-electron chi connectivity index (χ1n) is 7.13. The molecule has 0 bridgehead atoms. The minimum Gasteiger partial charge on any atom is -0.444 e. The number of carbonyl (C=O) groups is 1. The Labute approximate surface area is 141 Å². The predicted octanol–water partition coefficient (Wildman–Crippen LogP) is 1.44. The Bertz CT molecular complexity index is 429. The molecule has 7 nitrogen and oxygen atoms in total. The number of nitrogens with zero attached hydrogens (tertiary/aromatic N) is 2. The Morgan fingerprint density at radius 3 is 2.50 bits per heavy atom. The van der Waals surface area contributed by atoms with E-state index in [0.717, 1.165) is 12.8 Å². The van der Waals surface area contributed by atoms with Gasteiger partial charge in [-0.2, -0.15) is 0 Å². The van der Waals surface area contributed by atoms with Gasteiger partial charge in [-0.05, 0) is 52.1 Å². The molecule has 1 heterocycles. The number of rotatable bonds is 2. The summed E-state index contributed by atoms with van der Waals surface area (Å²) in [4.78, 5) is 13.7. The zero-order valence-electron chi connectivity index (χ0n) is 13.5. The van der Waals surface area contributed by atoms with Crippen LogP contribution in [0.3, 0.4) is 0 Å². The maximum atomic E-state index is 12.0. The minimum absolute atomic E-state index is 0.212. The number of thiocarbonyl (C=S) groups is 1. The van der Waals surface area contributed by atoms with Crippen LogP contribution in [-0.2, 0) is 4.74 Å². The minimum atomic E-state index is -0.465. The normalized spacial score (nSPS) is 17.1. The van der Waals surface area contributed by atoms with Crippen LogP contribution in [0.1, 0.15) is 33.6 Å². The summed E-state index contributed by atoms with van der Waals surface area (Å²) in [6.45, 7) is 6.88. The van der Waals surface area contributed by atoms with Crippen molar-refractivity contribution in [3.8, 4) is 0 Å². The van der Waals surface area contributed by atoms with Crippen LogP contribution in [0.2, 0.25) is 0 Å². The van der Waals surface area contributed by atoms with Crippen LogP contribution in [0.15, 0.2) is 5.10 Å². The van der Waals surface area contributed by atoms with Crippen molar-refractivity contribution >= 4 is 40.4 Å². The predicted molar refractivity (Wildman–Crippen MR) is 94.8 cm³/mol. The summed E-state index contributed by atoms with van der Waals surface area (Å²) >= 11 is 6.49. The van der Waals surface area contributed by atoms with Gasteiger partial charge in [0.15, 0.2) is 10.3 Å². The monoisotopic (exact) mass is 347 g/mol. The van der Waals surface area contributed by atoms with Gasteiger partial charge in [0, 0.05) is 19.1 Å². The van der Waals surface area contributed by atoms with E-state index in [-0.39, 0.29) is 12.1 Å². The lowest BCUT2D eigenvalue weighted by Crippen LogP contribution is -2.49. The third-order valence-corrected chi connectivity index (χ3v) is 3.68. The molecule has 0 aliphatic carbocycles. The fourth-order valence-electron chi connectivity index (χ4n) is 1.90. The number of hydrogen-bond acceptors (Lipinski definition) is 5. The van der Waals surface area contributed by atoms with Crippen LogP contribution in [0.4, 0.5) is 4.79 Å². The lowest BCUT2D eigenvalue weighted by atomic mass is 10.1. The molecule has 0 aromatic heterocycles. The Morgan fingerprint density at radius 1 is 1.41 bits per heavy atom. The Hall–Kier alpha value is -1.22. The van der Waals surface area contributed by atoms with Crippen LogP contribution in [0.5, 0.6) is 0 Å². The zero-order chi connectivity index (χ0) is 16.8. The van der Waals surface area contributed by atoms with Crippen molar-refractivity contribution in [2.24, 2.45) is 10.8 Å². The highest BCUT2D eigenvalue weighted by atomic mass is 32.2. The molecule has 0 saturated carbocycles. The third-order valence-electron chi connectivity index (χ3n) is 2.96. The van der Waals surface area contributed by atoms with E-state index in [4.69, 9.17) is 22.7 Å². The molecule has 1 aliphatic heterocycles. The molecule has 1 amide bonds. The quantitative estimate of drug-likeness (QED) is 0.301. The van der Waals surface area contributed by atoms with E-state index < -0.39 is 5.60 Å². The van der Waals surface area contributed by atoms with Gasteiger partial charge in [-0.15, -0.1) is 5.10 Å². The molecule has 0 aromatic rings. The van der Waals surface area contributed by atoms with Crippen molar-refractivity contribution in [3.05, 3.63) is 0 Å². The van der Waals surface area contributed by atoms with E-state index in [2.05, 4.69) is 15.8 Å². The lowest BCUT2D eigenvalue weighted by molar-refractivity contribution is 0.0202. The number of ether oxygens (including phenoxy) is 1. The van der Waals surface area contributed by atoms with Gasteiger partial charge in [-0.3, -0.25) is 5.43 Å². The first-order valence-corrected chi connectivity index (χ1v) is 8.76. The maximum Gasteiger partial charge on any atom is 0.410 e. The first kappa shape index (κ1) is 18.8. The molecule has 126 valence electrons. The number of thioether (sulfide) groups is 1. The van der Waals surface area contributed by atoms with Gasteiger partial charge >= 0.3 is 6.09 Å². The topological polar surface area (TPSA) is 92.0 Å². The number of amidine groups is 1. The molecule has 0 aromatic carbocycles. The number of nitrogens with two attached hydrogens (primary N) is 1. The van der Waals surface area contributed by atoms with Gasteiger partial charge in [-0.1, -0.05) is 11.8 Å². The van der Waals surface area contributed by atoms with Crippen molar-refractivity contribution < 1.29 is 9.53 Å².